The molecule has 5 heteroatoms. The summed E-state index contributed by atoms with van der Waals surface area (Å²) in [6.45, 7) is 10.9. The van der Waals surface area contributed by atoms with Crippen LogP contribution in [0, 0.1) is 17.3 Å². The van der Waals surface area contributed by atoms with Gasteiger partial charge in [-0.2, -0.15) is 0 Å². The van der Waals surface area contributed by atoms with Gasteiger partial charge in [-0.25, -0.2) is 4.79 Å². The van der Waals surface area contributed by atoms with Gasteiger partial charge < -0.3 is 4.74 Å². The third kappa shape index (κ3) is 1.46. The summed E-state index contributed by atoms with van der Waals surface area (Å²) in [5, 5.41) is 1.61. The van der Waals surface area contributed by atoms with Crippen LogP contribution in [-0.2, 0) is 19.2 Å². The molecule has 0 spiro atoms. The first-order chi connectivity index (χ1) is 9.16. The van der Waals surface area contributed by atoms with Crippen molar-refractivity contribution in [2.24, 2.45) is 17.3 Å². The quantitative estimate of drug-likeness (QED) is 0.691. The van der Waals surface area contributed by atoms with Crippen molar-refractivity contribution in [2.75, 3.05) is 7.11 Å². The van der Waals surface area contributed by atoms with Crippen molar-refractivity contribution in [1.82, 2.24) is 5.23 Å². The van der Waals surface area contributed by atoms with E-state index in [9.17, 15) is 4.79 Å². The number of hydrogen-bond donors (Lipinski definition) is 0. The molecule has 3 aliphatic rings. The number of hydrogen-bond acceptors (Lipinski definition) is 5. The fourth-order valence-corrected chi connectivity index (χ4v) is 4.48. The predicted octanol–water partition coefficient (Wildman–Crippen LogP) is 2.31. The molecule has 2 saturated heterocycles. The lowest BCUT2D eigenvalue weighted by Gasteiger charge is -2.57. The van der Waals surface area contributed by atoms with Gasteiger partial charge in [0.05, 0.1) is 18.2 Å². The minimum atomic E-state index is -0.542. The van der Waals surface area contributed by atoms with Crippen molar-refractivity contribution in [1.29, 1.82) is 0 Å². The van der Waals surface area contributed by atoms with Gasteiger partial charge in [0, 0.05) is 11.3 Å². The van der Waals surface area contributed by atoms with Crippen LogP contribution >= 0.6 is 0 Å². The van der Waals surface area contributed by atoms with Crippen molar-refractivity contribution < 1.29 is 19.2 Å². The van der Waals surface area contributed by atoms with Crippen molar-refractivity contribution in [3.05, 3.63) is 0 Å². The molecule has 2 aliphatic heterocycles. The Bertz CT molecular complexity index is 447. The smallest absolute Gasteiger partial charge is 0.337 e. The van der Waals surface area contributed by atoms with E-state index < -0.39 is 6.10 Å². The van der Waals surface area contributed by atoms with Crippen LogP contribution in [0.15, 0.2) is 0 Å². The van der Waals surface area contributed by atoms with E-state index in [2.05, 4.69) is 34.6 Å². The predicted molar refractivity (Wildman–Crippen MR) is 72.3 cm³/mol. The van der Waals surface area contributed by atoms with Gasteiger partial charge in [-0.1, -0.05) is 19.1 Å². The SMILES string of the molecule is COC(=O)[C@@H]1ON2OC(C)(C)C(C)(C)[C@@H]3CC[C@H]1[C@@]32C. The highest BCUT2D eigenvalue weighted by Gasteiger charge is 2.71. The number of rotatable bonds is 1. The Morgan fingerprint density at radius 2 is 1.85 bits per heavy atom. The lowest BCUT2D eigenvalue weighted by molar-refractivity contribution is -0.468. The fourth-order valence-electron chi connectivity index (χ4n) is 4.48. The van der Waals surface area contributed by atoms with Crippen LogP contribution in [0.4, 0.5) is 0 Å². The fraction of sp³-hybridized carbons (Fsp3) is 0.933. The second-order valence-corrected chi connectivity index (χ2v) is 7.59. The molecule has 0 amide bonds. The molecule has 4 atom stereocenters. The lowest BCUT2D eigenvalue weighted by atomic mass is 9.60. The van der Waals surface area contributed by atoms with E-state index in [-0.39, 0.29) is 28.4 Å². The first-order valence-electron chi connectivity index (χ1n) is 7.40. The minimum absolute atomic E-state index is 0.0152. The van der Waals surface area contributed by atoms with Gasteiger partial charge in [0.15, 0.2) is 6.10 Å². The Kier molecular flexibility index (Phi) is 2.83. The number of ether oxygens (including phenoxy) is 1. The molecule has 0 aromatic carbocycles. The van der Waals surface area contributed by atoms with E-state index >= 15 is 0 Å². The number of carbonyl (C=O) groups is 1. The third-order valence-corrected chi connectivity index (χ3v) is 6.36. The maximum Gasteiger partial charge on any atom is 0.337 e. The van der Waals surface area contributed by atoms with E-state index in [1.54, 1.807) is 5.23 Å². The maximum atomic E-state index is 12.0. The van der Waals surface area contributed by atoms with E-state index in [0.717, 1.165) is 12.8 Å². The normalized spacial score (nSPS) is 45.2. The van der Waals surface area contributed by atoms with Crippen molar-refractivity contribution in [2.45, 2.75) is 64.7 Å². The Labute approximate surface area is 120 Å². The van der Waals surface area contributed by atoms with E-state index in [1.807, 2.05) is 0 Å². The molecule has 0 N–H and O–H groups in total. The third-order valence-electron chi connectivity index (χ3n) is 6.36. The highest BCUT2D eigenvalue weighted by Crippen LogP contribution is 2.64. The topological polar surface area (TPSA) is 48.0 Å². The molecule has 20 heavy (non-hydrogen) atoms. The standard InChI is InChI=1S/C15H25NO4/c1-13(2)10-8-7-9-11(12(17)18-6)19-16(15(9,10)5)20-14(13,3)4/h9-11H,7-8H2,1-6H3/t9-,10+,11-,15+/m1/s1. The van der Waals surface area contributed by atoms with E-state index in [0.29, 0.717) is 5.92 Å². The summed E-state index contributed by atoms with van der Waals surface area (Å²) in [7, 11) is 1.41. The number of hydroxylamine groups is 2. The van der Waals surface area contributed by atoms with E-state index in [4.69, 9.17) is 14.4 Å². The van der Waals surface area contributed by atoms with Crippen LogP contribution in [0.2, 0.25) is 0 Å². The van der Waals surface area contributed by atoms with Crippen LogP contribution < -0.4 is 0 Å². The second kappa shape index (κ2) is 3.96. The highest BCUT2D eigenvalue weighted by atomic mass is 17.0. The van der Waals surface area contributed by atoms with Crippen LogP contribution in [0.5, 0.6) is 0 Å². The molecule has 5 nitrogen and oxygen atoms in total. The molecule has 3 fully saturated rings. The van der Waals surface area contributed by atoms with E-state index in [1.165, 1.54) is 7.11 Å². The van der Waals surface area contributed by atoms with Gasteiger partial charge in [-0.3, -0.25) is 9.68 Å². The largest absolute Gasteiger partial charge is 0.467 e. The van der Waals surface area contributed by atoms with Gasteiger partial charge in [0.2, 0.25) is 0 Å². The van der Waals surface area contributed by atoms with Crippen molar-refractivity contribution >= 4 is 5.97 Å². The van der Waals surface area contributed by atoms with Crippen LogP contribution in [-0.4, -0.2) is 35.5 Å². The molecule has 0 bridgehead atoms. The zero-order valence-corrected chi connectivity index (χ0v) is 13.2. The van der Waals surface area contributed by atoms with Crippen molar-refractivity contribution in [3.8, 4) is 0 Å². The summed E-state index contributed by atoms with van der Waals surface area (Å²) >= 11 is 0. The molecule has 3 rings (SSSR count). The molecule has 0 radical (unpaired) electrons. The van der Waals surface area contributed by atoms with Gasteiger partial charge >= 0.3 is 5.97 Å². The zero-order valence-electron chi connectivity index (χ0n) is 13.2. The van der Waals surface area contributed by atoms with Crippen molar-refractivity contribution in [3.63, 3.8) is 0 Å². The molecule has 1 saturated carbocycles. The van der Waals surface area contributed by atoms with Crippen LogP contribution in [0.3, 0.4) is 0 Å². The number of methoxy groups -OCH3 is 1. The van der Waals surface area contributed by atoms with Crippen LogP contribution in [0.25, 0.3) is 0 Å². The van der Waals surface area contributed by atoms with Gasteiger partial charge in [-0.05, 0) is 39.5 Å². The summed E-state index contributed by atoms with van der Waals surface area (Å²) in [6.07, 6.45) is 1.52. The summed E-state index contributed by atoms with van der Waals surface area (Å²) < 4.78 is 4.89. The zero-order chi connectivity index (χ0) is 14.9. The Balaban J connectivity index is 2.02. The Hall–Kier alpha value is -0.650. The second-order valence-electron chi connectivity index (χ2n) is 7.59. The summed E-state index contributed by atoms with van der Waals surface area (Å²) in [5.74, 6) is 0.263. The molecule has 2 heterocycles. The molecule has 0 aromatic rings. The first kappa shape index (κ1) is 14.3. The summed E-state index contributed by atoms with van der Waals surface area (Å²) in [6, 6.07) is 0. The van der Waals surface area contributed by atoms with Gasteiger partial charge in [0.1, 0.15) is 0 Å². The highest BCUT2D eigenvalue weighted by molar-refractivity contribution is 5.75. The minimum Gasteiger partial charge on any atom is -0.467 e. The maximum absolute atomic E-state index is 12.0. The van der Waals surface area contributed by atoms with Gasteiger partial charge in [-0.15, -0.1) is 0 Å². The average Bonchev–Trinajstić information content (AvgIpc) is 2.82. The molecule has 0 unspecified atom stereocenters. The number of esters is 1. The van der Waals surface area contributed by atoms with Crippen LogP contribution in [0.1, 0.15) is 47.5 Å². The number of nitrogens with zero attached hydrogens (tertiary/aromatic N) is 1. The average molecular weight is 283 g/mol. The Morgan fingerprint density at radius 1 is 1.20 bits per heavy atom. The molecule has 114 valence electrons. The monoisotopic (exact) mass is 283 g/mol. The first-order valence-corrected chi connectivity index (χ1v) is 7.40. The molecule has 0 aromatic heterocycles. The Morgan fingerprint density at radius 3 is 2.45 bits per heavy atom. The van der Waals surface area contributed by atoms with Gasteiger partial charge in [0.25, 0.3) is 0 Å². The number of carbonyl (C=O) groups excluding carboxylic acids is 1. The summed E-state index contributed by atoms with van der Waals surface area (Å²) in [5.41, 5.74) is -0.573. The lowest BCUT2D eigenvalue weighted by Crippen LogP contribution is -2.65. The molecule has 1 aliphatic carbocycles. The molecular formula is C15H25NO4. The summed E-state index contributed by atoms with van der Waals surface area (Å²) in [4.78, 5) is 23.9. The molecular weight excluding hydrogens is 258 g/mol.